The Bertz CT molecular complexity index is 384. The van der Waals surface area contributed by atoms with Gasteiger partial charge in [-0.15, -0.1) is 0 Å². The van der Waals surface area contributed by atoms with Gasteiger partial charge in [-0.2, -0.15) is 11.8 Å². The molecule has 0 heterocycles. The van der Waals surface area contributed by atoms with Crippen molar-refractivity contribution in [1.29, 1.82) is 0 Å². The normalized spacial score (nSPS) is 16.2. The minimum atomic E-state index is 0.0469. The molecule has 1 aromatic carbocycles. The molecule has 0 aliphatic heterocycles. The summed E-state index contributed by atoms with van der Waals surface area (Å²) in [6, 6.07) is 8.82. The molecule has 2 N–H and O–H groups in total. The number of nitrogens with zero attached hydrogens (tertiary/aromatic N) is 1. The van der Waals surface area contributed by atoms with Gasteiger partial charge in [0.2, 0.25) is 0 Å². The van der Waals surface area contributed by atoms with Crippen molar-refractivity contribution in [2.24, 2.45) is 5.73 Å². The molecule has 0 amide bonds. The van der Waals surface area contributed by atoms with Crippen LogP contribution in [0.25, 0.3) is 0 Å². The molecule has 1 rings (SSSR count). The molecule has 0 fully saturated rings. The van der Waals surface area contributed by atoms with Gasteiger partial charge < -0.3 is 10.5 Å². The maximum Gasteiger partial charge on any atom is 0.123 e. The van der Waals surface area contributed by atoms with E-state index in [-0.39, 0.29) is 12.1 Å². The van der Waals surface area contributed by atoms with E-state index in [0.29, 0.717) is 6.04 Å². The number of para-hydroxylation sites is 1. The van der Waals surface area contributed by atoms with Crippen molar-refractivity contribution in [3.8, 4) is 5.75 Å². The van der Waals surface area contributed by atoms with Crippen LogP contribution in [0.3, 0.4) is 0 Å². The van der Waals surface area contributed by atoms with Crippen molar-refractivity contribution in [3.63, 3.8) is 0 Å². The molecule has 0 saturated heterocycles. The lowest BCUT2D eigenvalue weighted by Crippen LogP contribution is -2.42. The summed E-state index contributed by atoms with van der Waals surface area (Å²) in [5.74, 6) is 2.00. The molecule has 0 aromatic heterocycles. The lowest BCUT2D eigenvalue weighted by Gasteiger charge is -2.36. The highest BCUT2D eigenvalue weighted by Gasteiger charge is 2.26. The van der Waals surface area contributed by atoms with Gasteiger partial charge in [0.05, 0.1) is 13.2 Å². The minimum Gasteiger partial charge on any atom is -0.496 e. The monoisotopic (exact) mass is 282 g/mol. The van der Waals surface area contributed by atoms with Crippen LogP contribution < -0.4 is 10.5 Å². The second-order valence-electron chi connectivity index (χ2n) is 5.02. The standard InChI is InChI=1S/C15H26N2OS/c1-11(10-19-5)17(3)15(12(2)16)13-8-6-7-9-14(13)18-4/h6-9,11-12,15H,10,16H2,1-5H3. The van der Waals surface area contributed by atoms with E-state index in [0.717, 1.165) is 17.1 Å². The van der Waals surface area contributed by atoms with Crippen LogP contribution in [0.2, 0.25) is 0 Å². The van der Waals surface area contributed by atoms with Gasteiger partial charge in [-0.3, -0.25) is 4.90 Å². The van der Waals surface area contributed by atoms with E-state index < -0.39 is 0 Å². The summed E-state index contributed by atoms with van der Waals surface area (Å²) < 4.78 is 5.48. The van der Waals surface area contributed by atoms with Gasteiger partial charge in [0, 0.05) is 23.4 Å². The highest BCUT2D eigenvalue weighted by molar-refractivity contribution is 7.98. The van der Waals surface area contributed by atoms with Crippen molar-refractivity contribution in [1.82, 2.24) is 4.90 Å². The smallest absolute Gasteiger partial charge is 0.123 e. The third-order valence-electron chi connectivity index (χ3n) is 3.50. The zero-order valence-corrected chi connectivity index (χ0v) is 13.4. The van der Waals surface area contributed by atoms with E-state index in [4.69, 9.17) is 10.5 Å². The predicted octanol–water partition coefficient (Wildman–Crippen LogP) is 2.77. The number of methoxy groups -OCH3 is 1. The second kappa shape index (κ2) is 7.78. The van der Waals surface area contributed by atoms with Crippen molar-refractivity contribution >= 4 is 11.8 Å². The highest BCUT2D eigenvalue weighted by atomic mass is 32.2. The maximum absolute atomic E-state index is 6.22. The first kappa shape index (κ1) is 16.3. The molecule has 0 bridgehead atoms. The molecule has 0 spiro atoms. The maximum atomic E-state index is 6.22. The second-order valence-corrected chi connectivity index (χ2v) is 5.93. The summed E-state index contributed by atoms with van der Waals surface area (Å²) in [4.78, 5) is 2.35. The molecular formula is C15H26N2OS. The number of likely N-dealkylation sites (N-methyl/N-ethyl adjacent to an activating group) is 1. The molecule has 3 nitrogen and oxygen atoms in total. The van der Waals surface area contributed by atoms with Crippen LogP contribution in [0, 0.1) is 0 Å². The SMILES string of the molecule is COc1ccccc1C(C(C)N)N(C)C(C)CSC. The van der Waals surface area contributed by atoms with E-state index in [1.807, 2.05) is 30.0 Å². The fourth-order valence-corrected chi connectivity index (χ4v) is 3.13. The number of ether oxygens (including phenoxy) is 1. The van der Waals surface area contributed by atoms with Crippen LogP contribution >= 0.6 is 11.8 Å². The average molecular weight is 282 g/mol. The molecule has 1 aromatic rings. The van der Waals surface area contributed by atoms with Crippen molar-refractivity contribution in [2.45, 2.75) is 32.0 Å². The number of nitrogens with two attached hydrogens (primary N) is 1. The fourth-order valence-electron chi connectivity index (χ4n) is 2.42. The van der Waals surface area contributed by atoms with E-state index in [1.165, 1.54) is 0 Å². The van der Waals surface area contributed by atoms with Crippen LogP contribution in [0.4, 0.5) is 0 Å². The Labute approximate surface area is 121 Å². The highest BCUT2D eigenvalue weighted by Crippen LogP contribution is 2.31. The van der Waals surface area contributed by atoms with Crippen LogP contribution in [0.5, 0.6) is 5.75 Å². The van der Waals surface area contributed by atoms with Crippen LogP contribution in [-0.2, 0) is 0 Å². The zero-order chi connectivity index (χ0) is 14.4. The number of hydrogen-bond donors (Lipinski definition) is 1. The topological polar surface area (TPSA) is 38.5 Å². The van der Waals surface area contributed by atoms with Crippen molar-refractivity contribution in [2.75, 3.05) is 26.2 Å². The molecule has 108 valence electrons. The van der Waals surface area contributed by atoms with E-state index in [1.54, 1.807) is 7.11 Å². The van der Waals surface area contributed by atoms with Crippen LogP contribution in [-0.4, -0.2) is 43.1 Å². The molecule has 3 unspecified atom stereocenters. The van der Waals surface area contributed by atoms with Crippen LogP contribution in [0.15, 0.2) is 24.3 Å². The predicted molar refractivity (Wildman–Crippen MR) is 85.0 cm³/mol. The molecule has 0 saturated carbocycles. The largest absolute Gasteiger partial charge is 0.496 e. The summed E-state index contributed by atoms with van der Waals surface area (Å²) in [7, 11) is 3.85. The zero-order valence-electron chi connectivity index (χ0n) is 12.6. The summed E-state index contributed by atoms with van der Waals surface area (Å²) in [6.07, 6.45) is 2.13. The van der Waals surface area contributed by atoms with Gasteiger partial charge in [0.1, 0.15) is 5.75 Å². The summed E-state index contributed by atoms with van der Waals surface area (Å²) in [6.45, 7) is 4.29. The van der Waals surface area contributed by atoms with Crippen molar-refractivity contribution in [3.05, 3.63) is 29.8 Å². The first-order valence-electron chi connectivity index (χ1n) is 6.62. The Morgan fingerprint density at radius 3 is 2.47 bits per heavy atom. The van der Waals surface area contributed by atoms with Gasteiger partial charge in [0.25, 0.3) is 0 Å². The number of benzene rings is 1. The molecule has 19 heavy (non-hydrogen) atoms. The molecular weight excluding hydrogens is 256 g/mol. The Morgan fingerprint density at radius 2 is 1.95 bits per heavy atom. The molecule has 0 radical (unpaired) electrons. The summed E-state index contributed by atoms with van der Waals surface area (Å²) >= 11 is 1.86. The van der Waals surface area contributed by atoms with Crippen LogP contribution in [0.1, 0.15) is 25.5 Å². The van der Waals surface area contributed by atoms with Gasteiger partial charge in [-0.1, -0.05) is 18.2 Å². The number of hydrogen-bond acceptors (Lipinski definition) is 4. The van der Waals surface area contributed by atoms with Crippen molar-refractivity contribution < 1.29 is 4.74 Å². The summed E-state index contributed by atoms with van der Waals surface area (Å²) in [5, 5.41) is 0. The lowest BCUT2D eigenvalue weighted by atomic mass is 9.97. The Hall–Kier alpha value is -0.710. The molecule has 3 atom stereocenters. The summed E-state index contributed by atoms with van der Waals surface area (Å²) in [5.41, 5.74) is 7.39. The molecule has 4 heteroatoms. The van der Waals surface area contributed by atoms with Gasteiger partial charge in [0.15, 0.2) is 0 Å². The van der Waals surface area contributed by atoms with Gasteiger partial charge >= 0.3 is 0 Å². The van der Waals surface area contributed by atoms with Gasteiger partial charge in [-0.05, 0) is 33.2 Å². The number of rotatable bonds is 7. The lowest BCUT2D eigenvalue weighted by molar-refractivity contribution is 0.175. The Balaban J connectivity index is 3.06. The Morgan fingerprint density at radius 1 is 1.32 bits per heavy atom. The third-order valence-corrected chi connectivity index (χ3v) is 4.31. The fraction of sp³-hybridized carbons (Fsp3) is 0.600. The van der Waals surface area contributed by atoms with E-state index in [2.05, 4.69) is 38.1 Å². The number of thioether (sulfide) groups is 1. The van der Waals surface area contributed by atoms with E-state index in [9.17, 15) is 0 Å². The van der Waals surface area contributed by atoms with Gasteiger partial charge in [-0.25, -0.2) is 0 Å². The first-order valence-corrected chi connectivity index (χ1v) is 8.01. The average Bonchev–Trinajstić information content (AvgIpc) is 2.39. The quantitative estimate of drug-likeness (QED) is 0.834. The molecule has 0 aliphatic carbocycles. The van der Waals surface area contributed by atoms with E-state index >= 15 is 0 Å². The molecule has 0 aliphatic rings. The Kier molecular flexibility index (Phi) is 6.69. The first-order chi connectivity index (χ1) is 9.02. The minimum absolute atomic E-state index is 0.0469. The third kappa shape index (κ3) is 4.13.